The fourth-order valence-electron chi connectivity index (χ4n) is 6.93. The number of anilines is 1. The van der Waals surface area contributed by atoms with Crippen LogP contribution in [0.3, 0.4) is 0 Å². The zero-order valence-electron chi connectivity index (χ0n) is 18.3. The minimum Gasteiger partial charge on any atom is -0.436 e. The van der Waals surface area contributed by atoms with Gasteiger partial charge in [0.25, 0.3) is 0 Å². The number of hydrogen-bond acceptors (Lipinski definition) is 4. The molecule has 0 unspecified atom stereocenters. The van der Waals surface area contributed by atoms with Crippen LogP contribution in [0.4, 0.5) is 5.69 Å². The normalized spacial score (nSPS) is 27.6. The van der Waals surface area contributed by atoms with Crippen LogP contribution in [0.5, 0.6) is 0 Å². The van der Waals surface area contributed by atoms with Crippen LogP contribution in [-0.2, 0) is 4.79 Å². The van der Waals surface area contributed by atoms with Gasteiger partial charge in [-0.2, -0.15) is 0 Å². The number of nitrogens with zero attached hydrogens (tertiary/aromatic N) is 1. The first-order valence-corrected chi connectivity index (χ1v) is 12.5. The first-order valence-electron chi connectivity index (χ1n) is 11.7. The maximum atomic E-state index is 12.9. The summed E-state index contributed by atoms with van der Waals surface area (Å²) in [5.41, 5.74) is 3.05. The van der Waals surface area contributed by atoms with Crippen molar-refractivity contribution in [1.82, 2.24) is 10.3 Å². The Morgan fingerprint density at radius 3 is 2.48 bits per heavy atom. The Hall–Kier alpha value is -2.44. The molecule has 4 saturated carbocycles. The monoisotopic (exact) mass is 479 g/mol. The van der Waals surface area contributed by atoms with Crippen LogP contribution in [0, 0.1) is 23.2 Å². The Bertz CT molecular complexity index is 1190. The number of fused-ring (bicyclic) bond motifs is 1. The second kappa shape index (κ2) is 8.10. The molecule has 1 heterocycles. The van der Waals surface area contributed by atoms with Crippen molar-refractivity contribution in [3.63, 3.8) is 0 Å². The molecular weight excluding hydrogens is 454 g/mol. The van der Waals surface area contributed by atoms with Crippen molar-refractivity contribution in [2.75, 3.05) is 5.32 Å². The quantitative estimate of drug-likeness (QED) is 0.414. The van der Waals surface area contributed by atoms with Gasteiger partial charge in [0.1, 0.15) is 5.52 Å². The Kier molecular flexibility index (Phi) is 5.18. The lowest BCUT2D eigenvalue weighted by Crippen LogP contribution is -2.48. The van der Waals surface area contributed by atoms with Gasteiger partial charge in [-0.05, 0) is 104 Å². The number of hydrogen-bond donors (Lipinski definition) is 2. The highest BCUT2D eigenvalue weighted by atomic mass is 35.5. The van der Waals surface area contributed by atoms with Crippen LogP contribution in [0.2, 0.25) is 5.02 Å². The van der Waals surface area contributed by atoms with Gasteiger partial charge in [0.05, 0.1) is 10.6 Å². The number of nitrogens with one attached hydrogen (secondary N) is 2. The van der Waals surface area contributed by atoms with Gasteiger partial charge in [-0.1, -0.05) is 23.7 Å². The van der Waals surface area contributed by atoms with E-state index in [1.54, 1.807) is 6.07 Å². The molecule has 4 bridgehead atoms. The van der Waals surface area contributed by atoms with Crippen molar-refractivity contribution in [2.24, 2.45) is 23.2 Å². The number of benzene rings is 2. The van der Waals surface area contributed by atoms with Crippen LogP contribution in [0.1, 0.15) is 44.9 Å². The fourth-order valence-corrected chi connectivity index (χ4v) is 7.36. The number of aromatic nitrogens is 1. The molecule has 33 heavy (non-hydrogen) atoms. The third-order valence-corrected chi connectivity index (χ3v) is 8.24. The van der Waals surface area contributed by atoms with E-state index in [0.29, 0.717) is 33.6 Å². The molecular formula is C26H26ClN3O2S. The summed E-state index contributed by atoms with van der Waals surface area (Å²) in [5.74, 6) is 2.94. The zero-order valence-corrected chi connectivity index (χ0v) is 19.8. The van der Waals surface area contributed by atoms with Gasteiger partial charge in [0.2, 0.25) is 11.8 Å². The first kappa shape index (κ1) is 21.1. The molecule has 1 amide bonds. The predicted molar refractivity (Wildman–Crippen MR) is 134 cm³/mol. The summed E-state index contributed by atoms with van der Waals surface area (Å²) in [7, 11) is 0. The van der Waals surface area contributed by atoms with E-state index in [4.69, 9.17) is 28.2 Å². The molecule has 4 aliphatic carbocycles. The number of rotatable bonds is 4. The molecule has 170 valence electrons. The van der Waals surface area contributed by atoms with Crippen molar-refractivity contribution in [1.29, 1.82) is 0 Å². The van der Waals surface area contributed by atoms with E-state index >= 15 is 0 Å². The van der Waals surface area contributed by atoms with E-state index < -0.39 is 0 Å². The molecule has 0 radical (unpaired) electrons. The average Bonchev–Trinajstić information content (AvgIpc) is 3.17. The third-order valence-electron chi connectivity index (χ3n) is 7.70. The SMILES string of the molecule is O=C(CC12CC3CC(CC(C3)C1)C2)NC(=S)Nc1ccc(Cl)c(-c2nc3ccccc3o2)c1. The molecule has 7 heteroatoms. The van der Waals surface area contributed by atoms with Crippen LogP contribution in [-0.4, -0.2) is 16.0 Å². The maximum absolute atomic E-state index is 12.9. The molecule has 7 rings (SSSR count). The summed E-state index contributed by atoms with van der Waals surface area (Å²) < 4.78 is 5.87. The van der Waals surface area contributed by atoms with Crippen LogP contribution in [0.15, 0.2) is 46.9 Å². The average molecular weight is 480 g/mol. The van der Waals surface area contributed by atoms with E-state index in [1.165, 1.54) is 38.5 Å². The summed E-state index contributed by atoms with van der Waals surface area (Å²) in [6.07, 6.45) is 8.32. The summed E-state index contributed by atoms with van der Waals surface area (Å²) >= 11 is 11.9. The molecule has 0 atom stereocenters. The zero-order chi connectivity index (χ0) is 22.6. The topological polar surface area (TPSA) is 67.2 Å². The molecule has 2 aromatic carbocycles. The highest BCUT2D eigenvalue weighted by Crippen LogP contribution is 2.61. The molecule has 5 nitrogen and oxygen atoms in total. The van der Waals surface area contributed by atoms with Gasteiger partial charge >= 0.3 is 0 Å². The largest absolute Gasteiger partial charge is 0.436 e. The summed E-state index contributed by atoms with van der Waals surface area (Å²) in [6, 6.07) is 13.0. The number of amides is 1. The third kappa shape index (κ3) is 4.15. The highest BCUT2D eigenvalue weighted by Gasteiger charge is 2.51. The van der Waals surface area contributed by atoms with Crippen LogP contribution < -0.4 is 10.6 Å². The van der Waals surface area contributed by atoms with Crippen molar-refractivity contribution in [3.8, 4) is 11.5 Å². The Balaban J connectivity index is 1.13. The number of thiocarbonyl (C=S) groups is 1. The van der Waals surface area contributed by atoms with E-state index in [0.717, 1.165) is 29.0 Å². The van der Waals surface area contributed by atoms with Gasteiger partial charge in [0, 0.05) is 12.1 Å². The first-order chi connectivity index (χ1) is 15.9. The number of carbonyl (C=O) groups is 1. The van der Waals surface area contributed by atoms with Gasteiger partial charge in [-0.25, -0.2) is 4.98 Å². The number of para-hydroxylation sites is 2. The lowest BCUT2D eigenvalue weighted by molar-refractivity contribution is -0.127. The fraction of sp³-hybridized carbons (Fsp3) is 0.423. The molecule has 0 spiro atoms. The lowest BCUT2D eigenvalue weighted by atomic mass is 9.49. The van der Waals surface area contributed by atoms with Gasteiger partial charge in [-0.15, -0.1) is 0 Å². The molecule has 2 N–H and O–H groups in total. The number of carbonyl (C=O) groups excluding carboxylic acids is 1. The van der Waals surface area contributed by atoms with Gasteiger partial charge < -0.3 is 15.1 Å². The smallest absolute Gasteiger partial charge is 0.228 e. The van der Waals surface area contributed by atoms with Gasteiger partial charge in [-0.3, -0.25) is 4.79 Å². The minimum atomic E-state index is 0.0163. The Morgan fingerprint density at radius 1 is 1.09 bits per heavy atom. The van der Waals surface area contributed by atoms with Crippen LogP contribution in [0.25, 0.3) is 22.6 Å². The number of halogens is 1. The second-order valence-corrected chi connectivity index (χ2v) is 11.1. The second-order valence-electron chi connectivity index (χ2n) is 10.3. The van der Waals surface area contributed by atoms with E-state index in [9.17, 15) is 4.79 Å². The number of oxazole rings is 1. The van der Waals surface area contributed by atoms with Crippen LogP contribution >= 0.6 is 23.8 Å². The van der Waals surface area contributed by atoms with E-state index in [1.807, 2.05) is 36.4 Å². The Morgan fingerprint density at radius 2 is 1.79 bits per heavy atom. The van der Waals surface area contributed by atoms with Crippen molar-refractivity contribution >= 4 is 51.6 Å². The minimum absolute atomic E-state index is 0.0163. The lowest BCUT2D eigenvalue weighted by Gasteiger charge is -2.56. The summed E-state index contributed by atoms with van der Waals surface area (Å²) in [4.78, 5) is 17.4. The molecule has 4 aliphatic rings. The van der Waals surface area contributed by atoms with Crippen molar-refractivity contribution < 1.29 is 9.21 Å². The summed E-state index contributed by atoms with van der Waals surface area (Å²) in [6.45, 7) is 0. The highest BCUT2D eigenvalue weighted by molar-refractivity contribution is 7.80. The van der Waals surface area contributed by atoms with Crippen molar-refractivity contribution in [2.45, 2.75) is 44.9 Å². The predicted octanol–water partition coefficient (Wildman–Crippen LogP) is 6.57. The molecule has 3 aromatic rings. The Labute approximate surface area is 203 Å². The van der Waals surface area contributed by atoms with Crippen molar-refractivity contribution in [3.05, 3.63) is 47.5 Å². The standard InChI is InChI=1S/C26H26ClN3O2S/c27-20-6-5-18(10-19(20)24-29-21-3-1-2-4-22(21)32-24)28-25(33)30-23(31)14-26-11-15-7-16(12-26)9-17(8-15)13-26/h1-6,10,15-17H,7-9,11-14H2,(H2,28,30,31,33). The summed E-state index contributed by atoms with van der Waals surface area (Å²) in [5, 5.41) is 6.86. The molecule has 1 aromatic heterocycles. The van der Waals surface area contributed by atoms with E-state index in [-0.39, 0.29) is 11.3 Å². The van der Waals surface area contributed by atoms with Gasteiger partial charge in [0.15, 0.2) is 10.7 Å². The molecule has 0 aliphatic heterocycles. The van der Waals surface area contributed by atoms with E-state index in [2.05, 4.69) is 15.6 Å². The molecule has 0 saturated heterocycles. The maximum Gasteiger partial charge on any atom is 0.228 e. The molecule has 4 fully saturated rings.